The Labute approximate surface area is 211 Å². The number of fused-ring (bicyclic) bond motifs is 1. The van der Waals surface area contributed by atoms with Crippen LogP contribution in [0.4, 0.5) is 10.1 Å². The minimum absolute atomic E-state index is 0.203. The van der Waals surface area contributed by atoms with Crippen molar-refractivity contribution in [1.82, 2.24) is 10.4 Å². The molecule has 4 unspecified atom stereocenters. The molecule has 0 radical (unpaired) electrons. The summed E-state index contributed by atoms with van der Waals surface area (Å²) in [6, 6.07) is 17.0. The van der Waals surface area contributed by atoms with Gasteiger partial charge in [-0.15, -0.1) is 0 Å². The van der Waals surface area contributed by atoms with Gasteiger partial charge in [0.05, 0.1) is 24.1 Å². The third kappa shape index (κ3) is 4.52. The number of hydroxylamine groups is 1. The fraction of sp³-hybridized carbons (Fsp3) is 0.231. The highest BCUT2D eigenvalue weighted by molar-refractivity contribution is 6.31. The van der Waals surface area contributed by atoms with Crippen LogP contribution in [-0.4, -0.2) is 29.4 Å². The predicted octanol–water partition coefficient (Wildman–Crippen LogP) is 5.28. The van der Waals surface area contributed by atoms with Crippen molar-refractivity contribution in [1.29, 1.82) is 0 Å². The second kappa shape index (κ2) is 9.59. The number of halogens is 3. The minimum Gasteiger partial charge on any atom is -0.324 e. The van der Waals surface area contributed by atoms with Crippen molar-refractivity contribution >= 4 is 40.7 Å². The number of amides is 2. The number of anilines is 1. The molecule has 3 aromatic rings. The number of nitrogens with one attached hydrogen (secondary N) is 2. The maximum atomic E-state index is 14.2. The minimum atomic E-state index is -0.685. The van der Waals surface area contributed by atoms with Gasteiger partial charge in [0.2, 0.25) is 11.8 Å². The van der Waals surface area contributed by atoms with Gasteiger partial charge in [0, 0.05) is 21.3 Å². The maximum absolute atomic E-state index is 14.2. The van der Waals surface area contributed by atoms with Crippen LogP contribution in [0.15, 0.2) is 66.7 Å². The van der Waals surface area contributed by atoms with E-state index in [1.165, 1.54) is 17.0 Å². The smallest absolute Gasteiger partial charge is 0.244 e. The molecule has 180 valence electrons. The molecule has 0 bridgehead atoms. The van der Waals surface area contributed by atoms with Crippen LogP contribution >= 0.6 is 23.2 Å². The zero-order valence-electron chi connectivity index (χ0n) is 18.7. The Morgan fingerprint density at radius 1 is 1.06 bits per heavy atom. The highest BCUT2D eigenvalue weighted by Crippen LogP contribution is 2.42. The summed E-state index contributed by atoms with van der Waals surface area (Å²) in [7, 11) is 0. The lowest BCUT2D eigenvalue weighted by molar-refractivity contribution is -0.141. The Balaban J connectivity index is 1.62. The quantitative estimate of drug-likeness (QED) is 0.499. The van der Waals surface area contributed by atoms with Crippen molar-refractivity contribution in [2.45, 2.75) is 25.1 Å². The van der Waals surface area contributed by atoms with Gasteiger partial charge in [-0.25, -0.2) is 4.39 Å². The molecule has 0 aromatic heterocycles. The maximum Gasteiger partial charge on any atom is 0.244 e. The third-order valence-corrected chi connectivity index (χ3v) is 7.03. The first-order chi connectivity index (χ1) is 16.8. The van der Waals surface area contributed by atoms with Crippen LogP contribution in [-0.2, 0) is 14.4 Å². The van der Waals surface area contributed by atoms with Crippen molar-refractivity contribution in [2.24, 2.45) is 5.92 Å². The molecule has 5 rings (SSSR count). The average Bonchev–Trinajstić information content (AvgIpc) is 3.15. The zero-order valence-corrected chi connectivity index (χ0v) is 20.2. The molecule has 2 N–H and O–H groups in total. The second-order valence-electron chi connectivity index (χ2n) is 8.67. The van der Waals surface area contributed by atoms with E-state index in [1.807, 2.05) is 18.2 Å². The van der Waals surface area contributed by atoms with E-state index in [1.54, 1.807) is 43.3 Å². The van der Waals surface area contributed by atoms with E-state index in [0.717, 1.165) is 5.56 Å². The van der Waals surface area contributed by atoms with E-state index in [9.17, 15) is 14.0 Å². The van der Waals surface area contributed by atoms with Crippen LogP contribution in [0, 0.1) is 11.7 Å². The summed E-state index contributed by atoms with van der Waals surface area (Å²) in [6.07, 6.45) is -0.497. The third-order valence-electron chi connectivity index (χ3n) is 6.45. The van der Waals surface area contributed by atoms with E-state index in [-0.39, 0.29) is 18.4 Å². The lowest BCUT2D eigenvalue weighted by Crippen LogP contribution is -2.45. The first kappa shape index (κ1) is 23.8. The Morgan fingerprint density at radius 3 is 2.54 bits per heavy atom. The van der Waals surface area contributed by atoms with E-state index in [0.29, 0.717) is 26.9 Å². The molecule has 4 atom stereocenters. The Kier molecular flexibility index (Phi) is 6.51. The molecular formula is C26H22Cl2FN3O3. The van der Waals surface area contributed by atoms with Crippen molar-refractivity contribution in [3.05, 3.63) is 99.3 Å². The van der Waals surface area contributed by atoms with Gasteiger partial charge in [0.25, 0.3) is 0 Å². The van der Waals surface area contributed by atoms with E-state index in [2.05, 4.69) is 10.8 Å². The monoisotopic (exact) mass is 513 g/mol. The van der Waals surface area contributed by atoms with Crippen LogP contribution < -0.4 is 10.8 Å². The molecule has 2 amide bonds. The summed E-state index contributed by atoms with van der Waals surface area (Å²) in [4.78, 5) is 34.3. The van der Waals surface area contributed by atoms with Crippen molar-refractivity contribution < 1.29 is 18.8 Å². The fourth-order valence-corrected chi connectivity index (χ4v) is 5.24. The molecule has 0 aliphatic carbocycles. The van der Waals surface area contributed by atoms with E-state index in [4.69, 9.17) is 28.0 Å². The lowest BCUT2D eigenvalue weighted by atomic mass is 9.87. The summed E-state index contributed by atoms with van der Waals surface area (Å²) >= 11 is 12.8. The number of hydrogen-bond acceptors (Lipinski definition) is 4. The summed E-state index contributed by atoms with van der Waals surface area (Å²) in [5.41, 5.74) is 5.49. The van der Waals surface area contributed by atoms with Gasteiger partial charge in [-0.05, 0) is 54.4 Å². The van der Waals surface area contributed by atoms with Crippen molar-refractivity contribution in [3.8, 4) is 0 Å². The van der Waals surface area contributed by atoms with Crippen molar-refractivity contribution in [3.63, 3.8) is 0 Å². The molecule has 2 heterocycles. The van der Waals surface area contributed by atoms with Gasteiger partial charge >= 0.3 is 0 Å². The zero-order chi connectivity index (χ0) is 24.7. The number of rotatable bonds is 3. The molecule has 35 heavy (non-hydrogen) atoms. The predicted molar refractivity (Wildman–Crippen MR) is 131 cm³/mol. The first-order valence-corrected chi connectivity index (χ1v) is 11.9. The SMILES string of the molecule is CC1ONC(c2ccccc2Cl)C1C(=O)N1CC(=O)Nc2ccc(Cl)cc2C1c1ccc(F)cc1. The summed E-state index contributed by atoms with van der Waals surface area (Å²) in [5.74, 6) is -1.72. The molecule has 0 saturated carbocycles. The normalized spacial score (nSPS) is 24.0. The molecule has 1 saturated heterocycles. The molecule has 0 spiro atoms. The lowest BCUT2D eigenvalue weighted by Gasteiger charge is -2.34. The summed E-state index contributed by atoms with van der Waals surface area (Å²) in [6.45, 7) is 1.59. The molecule has 9 heteroatoms. The highest BCUT2D eigenvalue weighted by atomic mass is 35.5. The number of benzene rings is 3. The van der Waals surface area contributed by atoms with Gasteiger partial charge in [-0.3, -0.25) is 14.4 Å². The molecule has 1 fully saturated rings. The van der Waals surface area contributed by atoms with Crippen LogP contribution in [0.5, 0.6) is 0 Å². The van der Waals surface area contributed by atoms with Gasteiger partial charge in [0.15, 0.2) is 0 Å². The van der Waals surface area contributed by atoms with Crippen LogP contribution in [0.3, 0.4) is 0 Å². The Morgan fingerprint density at radius 2 is 1.80 bits per heavy atom. The molecule has 6 nitrogen and oxygen atoms in total. The summed E-state index contributed by atoms with van der Waals surface area (Å²) in [5, 5.41) is 3.82. The van der Waals surface area contributed by atoms with Crippen LogP contribution in [0.1, 0.15) is 35.7 Å². The van der Waals surface area contributed by atoms with Gasteiger partial charge < -0.3 is 10.2 Å². The van der Waals surface area contributed by atoms with Crippen molar-refractivity contribution in [2.75, 3.05) is 11.9 Å². The summed E-state index contributed by atoms with van der Waals surface area (Å²) < 4.78 is 13.8. The standard InChI is InChI=1S/C26H22Cl2FN3O3/c1-14-23(24(31-35-14)18-4-2-3-5-20(18)28)26(34)32-13-22(33)30-21-11-8-16(27)12-19(21)25(32)15-6-9-17(29)10-7-15/h2-12,14,23-25,31H,13H2,1H3,(H,30,33). The number of carbonyl (C=O) groups excluding carboxylic acids is 2. The first-order valence-electron chi connectivity index (χ1n) is 11.1. The topological polar surface area (TPSA) is 70.7 Å². The van der Waals surface area contributed by atoms with E-state index < -0.39 is 29.9 Å². The highest BCUT2D eigenvalue weighted by Gasteiger charge is 2.46. The second-order valence-corrected chi connectivity index (χ2v) is 9.51. The van der Waals surface area contributed by atoms with Gasteiger partial charge in [-0.1, -0.05) is 53.5 Å². The number of hydrogen-bond donors (Lipinski definition) is 2. The Hall–Kier alpha value is -2.97. The number of nitrogens with zero attached hydrogens (tertiary/aromatic N) is 1. The largest absolute Gasteiger partial charge is 0.324 e. The van der Waals surface area contributed by atoms with E-state index >= 15 is 0 Å². The average molecular weight is 514 g/mol. The van der Waals surface area contributed by atoms with Gasteiger partial charge in [0.1, 0.15) is 12.4 Å². The molecule has 3 aromatic carbocycles. The molecular weight excluding hydrogens is 492 g/mol. The molecule has 2 aliphatic rings. The Bertz CT molecular complexity index is 1290. The van der Waals surface area contributed by atoms with Crippen LogP contribution in [0.2, 0.25) is 10.0 Å². The van der Waals surface area contributed by atoms with Gasteiger partial charge in [-0.2, -0.15) is 5.48 Å². The van der Waals surface area contributed by atoms with Crippen LogP contribution in [0.25, 0.3) is 0 Å². The molecule has 2 aliphatic heterocycles. The number of carbonyl (C=O) groups is 2. The fourth-order valence-electron chi connectivity index (χ4n) is 4.80.